The maximum Gasteiger partial charge on any atom is 0.317 e. The summed E-state index contributed by atoms with van der Waals surface area (Å²) in [5.41, 5.74) is 0. The van der Waals surface area contributed by atoms with E-state index >= 15 is 0 Å². The normalized spacial score (nSPS) is 21.1. The summed E-state index contributed by atoms with van der Waals surface area (Å²) in [5, 5.41) is 3.15. The average Bonchev–Trinajstić information content (AvgIpc) is 3.27. The molecule has 1 atom stereocenters. The summed E-state index contributed by atoms with van der Waals surface area (Å²) < 4.78 is 11.4. The molecule has 0 radical (unpaired) electrons. The highest BCUT2D eigenvalue weighted by Crippen LogP contribution is 2.20. The number of carbonyl (C=O) groups is 1. The molecule has 2 aliphatic heterocycles. The van der Waals surface area contributed by atoms with Crippen molar-refractivity contribution < 1.29 is 13.9 Å². The third-order valence-corrected chi connectivity index (χ3v) is 5.79. The van der Waals surface area contributed by atoms with Crippen molar-refractivity contribution in [2.24, 2.45) is 5.92 Å². The van der Waals surface area contributed by atoms with Gasteiger partial charge in [-0.25, -0.2) is 4.79 Å². The lowest BCUT2D eigenvalue weighted by Crippen LogP contribution is -2.48. The highest BCUT2D eigenvalue weighted by Gasteiger charge is 2.25. The first-order valence-electron chi connectivity index (χ1n) is 10.6. The number of aromatic nitrogens is 1. The minimum atomic E-state index is 0.0514. The van der Waals surface area contributed by atoms with Crippen LogP contribution >= 0.6 is 0 Å². The van der Waals surface area contributed by atoms with E-state index in [2.05, 4.69) is 15.2 Å². The van der Waals surface area contributed by atoms with Crippen LogP contribution in [0.5, 0.6) is 5.75 Å². The summed E-state index contributed by atoms with van der Waals surface area (Å²) in [6.45, 7) is 5.15. The van der Waals surface area contributed by atoms with Crippen molar-refractivity contribution in [2.75, 3.05) is 32.7 Å². The second-order valence-corrected chi connectivity index (χ2v) is 8.00. The Kier molecular flexibility index (Phi) is 6.67. The number of carbonyl (C=O) groups excluding carboxylic acids is 1. The number of ether oxygens (including phenoxy) is 1. The number of nitrogens with zero attached hydrogens (tertiary/aromatic N) is 3. The second kappa shape index (κ2) is 9.78. The van der Waals surface area contributed by atoms with Crippen LogP contribution < -0.4 is 10.1 Å². The maximum absolute atomic E-state index is 12.6. The number of furan rings is 1. The third-order valence-electron chi connectivity index (χ3n) is 5.79. The minimum absolute atomic E-state index is 0.0514. The van der Waals surface area contributed by atoms with E-state index in [4.69, 9.17) is 9.15 Å². The Morgan fingerprint density at radius 1 is 1.17 bits per heavy atom. The molecule has 2 amide bonds. The fourth-order valence-electron chi connectivity index (χ4n) is 4.21. The van der Waals surface area contributed by atoms with Crippen molar-refractivity contribution in [1.29, 1.82) is 0 Å². The molecule has 0 bridgehead atoms. The second-order valence-electron chi connectivity index (χ2n) is 8.00. The van der Waals surface area contributed by atoms with Gasteiger partial charge in [0.25, 0.3) is 0 Å². The molecule has 2 saturated heterocycles. The Morgan fingerprint density at radius 3 is 2.76 bits per heavy atom. The summed E-state index contributed by atoms with van der Waals surface area (Å²) in [5.74, 6) is 2.35. The number of nitrogens with one attached hydrogen (secondary N) is 1. The number of rotatable bonds is 6. The van der Waals surface area contributed by atoms with Crippen LogP contribution in [0.4, 0.5) is 4.79 Å². The van der Waals surface area contributed by atoms with Gasteiger partial charge in [0.1, 0.15) is 17.6 Å². The molecule has 4 heterocycles. The zero-order chi connectivity index (χ0) is 19.9. The Hall–Kier alpha value is -2.54. The first kappa shape index (κ1) is 19.8. The van der Waals surface area contributed by atoms with Crippen LogP contribution in [0.3, 0.4) is 0 Å². The fourth-order valence-corrected chi connectivity index (χ4v) is 4.21. The standard InChI is InChI=1S/C22H30N4O3/c27-22(26-12-7-20(8-13-26)29-19-5-9-23-10-6-19)24-15-18-3-1-11-25(16-18)17-21-4-2-14-28-21/h2,4-6,9-10,14,18,20H,1,3,7-8,11-13,15-17H2,(H,24,27). The number of hydrogen-bond donors (Lipinski definition) is 1. The Balaban J connectivity index is 1.16. The molecule has 156 valence electrons. The number of pyridine rings is 1. The number of amides is 2. The van der Waals surface area contributed by atoms with E-state index in [1.165, 1.54) is 6.42 Å². The first-order valence-corrected chi connectivity index (χ1v) is 10.6. The van der Waals surface area contributed by atoms with Gasteiger partial charge in [-0.3, -0.25) is 9.88 Å². The molecular formula is C22H30N4O3. The zero-order valence-electron chi connectivity index (χ0n) is 16.8. The van der Waals surface area contributed by atoms with Gasteiger partial charge in [-0.1, -0.05) is 0 Å². The van der Waals surface area contributed by atoms with E-state index in [1.54, 1.807) is 18.7 Å². The summed E-state index contributed by atoms with van der Waals surface area (Å²) in [7, 11) is 0. The lowest BCUT2D eigenvalue weighted by atomic mass is 9.98. The Morgan fingerprint density at radius 2 is 2.00 bits per heavy atom. The molecule has 0 saturated carbocycles. The zero-order valence-corrected chi connectivity index (χ0v) is 16.8. The van der Waals surface area contributed by atoms with Gasteiger partial charge in [0.2, 0.25) is 0 Å². The van der Waals surface area contributed by atoms with Gasteiger partial charge in [0.15, 0.2) is 0 Å². The molecule has 4 rings (SSSR count). The van der Waals surface area contributed by atoms with Crippen molar-refractivity contribution >= 4 is 6.03 Å². The quantitative estimate of drug-likeness (QED) is 0.809. The average molecular weight is 399 g/mol. The molecule has 2 aliphatic rings. The number of piperidine rings is 2. The van der Waals surface area contributed by atoms with Crippen molar-refractivity contribution in [3.63, 3.8) is 0 Å². The van der Waals surface area contributed by atoms with Crippen LogP contribution in [0.15, 0.2) is 47.3 Å². The predicted octanol–water partition coefficient (Wildman–Crippen LogP) is 3.14. The third kappa shape index (κ3) is 5.73. The molecule has 2 aromatic rings. The lowest BCUT2D eigenvalue weighted by Gasteiger charge is -2.34. The van der Waals surface area contributed by atoms with Crippen molar-refractivity contribution in [2.45, 2.75) is 38.3 Å². The summed E-state index contributed by atoms with van der Waals surface area (Å²) in [6.07, 6.45) is 9.40. The number of hydrogen-bond acceptors (Lipinski definition) is 5. The molecule has 1 unspecified atom stereocenters. The smallest absolute Gasteiger partial charge is 0.317 e. The van der Waals surface area contributed by atoms with Gasteiger partial charge in [0.05, 0.1) is 12.8 Å². The van der Waals surface area contributed by atoms with Crippen LogP contribution in [-0.2, 0) is 6.54 Å². The van der Waals surface area contributed by atoms with E-state index in [0.717, 1.165) is 70.0 Å². The first-order chi connectivity index (χ1) is 14.3. The molecule has 2 aromatic heterocycles. The van der Waals surface area contributed by atoms with E-state index in [0.29, 0.717) is 5.92 Å². The topological polar surface area (TPSA) is 70.8 Å². The molecule has 7 heteroatoms. The molecule has 0 spiro atoms. The molecule has 1 N–H and O–H groups in total. The van der Waals surface area contributed by atoms with Gasteiger partial charge in [-0.2, -0.15) is 0 Å². The highest BCUT2D eigenvalue weighted by atomic mass is 16.5. The molecule has 29 heavy (non-hydrogen) atoms. The molecule has 7 nitrogen and oxygen atoms in total. The van der Waals surface area contributed by atoms with Crippen molar-refractivity contribution in [3.05, 3.63) is 48.7 Å². The van der Waals surface area contributed by atoms with E-state index in [1.807, 2.05) is 29.2 Å². The Labute approximate surface area is 172 Å². The fraction of sp³-hybridized carbons (Fsp3) is 0.545. The van der Waals surface area contributed by atoms with Crippen LogP contribution in [-0.4, -0.2) is 59.6 Å². The van der Waals surface area contributed by atoms with Crippen molar-refractivity contribution in [3.8, 4) is 5.75 Å². The summed E-state index contributed by atoms with van der Waals surface area (Å²) >= 11 is 0. The molecular weight excluding hydrogens is 368 g/mol. The van der Waals surface area contributed by atoms with Gasteiger partial charge in [-0.15, -0.1) is 0 Å². The largest absolute Gasteiger partial charge is 0.490 e. The maximum atomic E-state index is 12.6. The van der Waals surface area contributed by atoms with Gasteiger partial charge >= 0.3 is 6.03 Å². The van der Waals surface area contributed by atoms with Crippen LogP contribution in [0, 0.1) is 5.92 Å². The highest BCUT2D eigenvalue weighted by molar-refractivity contribution is 5.74. The lowest BCUT2D eigenvalue weighted by molar-refractivity contribution is 0.108. The van der Waals surface area contributed by atoms with E-state index < -0.39 is 0 Å². The monoisotopic (exact) mass is 398 g/mol. The predicted molar refractivity (Wildman–Crippen MR) is 110 cm³/mol. The van der Waals surface area contributed by atoms with Crippen molar-refractivity contribution in [1.82, 2.24) is 20.1 Å². The summed E-state index contributed by atoms with van der Waals surface area (Å²) in [4.78, 5) is 20.9. The van der Waals surface area contributed by atoms with E-state index in [-0.39, 0.29) is 12.1 Å². The number of likely N-dealkylation sites (tertiary alicyclic amines) is 2. The van der Waals surface area contributed by atoms with E-state index in [9.17, 15) is 4.79 Å². The van der Waals surface area contributed by atoms with Crippen LogP contribution in [0.2, 0.25) is 0 Å². The Bertz CT molecular complexity index is 745. The van der Waals surface area contributed by atoms with Gasteiger partial charge < -0.3 is 19.4 Å². The van der Waals surface area contributed by atoms with Gasteiger partial charge in [0, 0.05) is 51.4 Å². The van der Waals surface area contributed by atoms with Crippen LogP contribution in [0.25, 0.3) is 0 Å². The molecule has 0 aromatic carbocycles. The molecule has 2 fully saturated rings. The van der Waals surface area contributed by atoms with Crippen LogP contribution in [0.1, 0.15) is 31.4 Å². The summed E-state index contributed by atoms with van der Waals surface area (Å²) in [6, 6.07) is 7.75. The number of urea groups is 1. The molecule has 0 aliphatic carbocycles. The van der Waals surface area contributed by atoms with Gasteiger partial charge in [-0.05, 0) is 49.6 Å². The minimum Gasteiger partial charge on any atom is -0.490 e. The SMILES string of the molecule is O=C(NCC1CCCN(Cc2ccco2)C1)N1CCC(Oc2ccncc2)CC1.